The molecule has 1 heterocycles. The zero-order chi connectivity index (χ0) is 27.4. The first-order valence-corrected chi connectivity index (χ1v) is 15.6. The Morgan fingerprint density at radius 1 is 0.784 bits per heavy atom. The van der Waals surface area contributed by atoms with Crippen LogP contribution in [-0.4, -0.2) is 66.8 Å². The molecule has 0 aromatic carbocycles. The molecule has 37 heavy (non-hydrogen) atoms. The maximum atomic E-state index is 12.3. The molecule has 0 bridgehead atoms. The molecule has 0 saturated carbocycles. The number of esters is 1. The van der Waals surface area contributed by atoms with Crippen LogP contribution in [0.1, 0.15) is 137 Å². The summed E-state index contributed by atoms with van der Waals surface area (Å²) in [7, 11) is 0. The number of piperidine rings is 1. The Labute approximate surface area is 229 Å². The van der Waals surface area contributed by atoms with E-state index in [-0.39, 0.29) is 12.1 Å². The number of carbonyl (C=O) groups is 2. The van der Waals surface area contributed by atoms with E-state index in [0.29, 0.717) is 18.9 Å². The minimum absolute atomic E-state index is 0.0382. The monoisotopic (exact) mass is 524 g/mol. The second-order valence-corrected chi connectivity index (χ2v) is 12.0. The zero-order valence-electron chi connectivity index (χ0n) is 25.2. The van der Waals surface area contributed by atoms with Crippen LogP contribution in [0.4, 0.5) is 4.79 Å². The number of hydrogen-bond donors (Lipinski definition) is 0. The molecule has 1 aliphatic rings. The molecule has 0 aromatic rings. The molecule has 1 rings (SSSR count). The van der Waals surface area contributed by atoms with Crippen molar-refractivity contribution >= 4 is 12.1 Å². The number of hydrogen-bond acceptors (Lipinski definition) is 5. The predicted octanol–water partition coefficient (Wildman–Crippen LogP) is 7.98. The van der Waals surface area contributed by atoms with Crippen LogP contribution in [-0.2, 0) is 14.3 Å². The molecule has 0 atom stereocenters. The van der Waals surface area contributed by atoms with Crippen molar-refractivity contribution in [2.24, 2.45) is 5.92 Å². The maximum absolute atomic E-state index is 12.3. The van der Waals surface area contributed by atoms with Gasteiger partial charge < -0.3 is 19.3 Å². The average molecular weight is 525 g/mol. The Balaban J connectivity index is 2.33. The summed E-state index contributed by atoms with van der Waals surface area (Å²) in [6, 6.07) is 0. The van der Waals surface area contributed by atoms with Crippen molar-refractivity contribution < 1.29 is 19.1 Å². The Morgan fingerprint density at radius 2 is 1.35 bits per heavy atom. The van der Waals surface area contributed by atoms with Crippen LogP contribution < -0.4 is 0 Å². The van der Waals surface area contributed by atoms with Crippen LogP contribution in [0.25, 0.3) is 0 Å². The fourth-order valence-corrected chi connectivity index (χ4v) is 5.02. The molecular weight excluding hydrogens is 464 g/mol. The van der Waals surface area contributed by atoms with E-state index >= 15 is 0 Å². The Bertz CT molecular complexity index is 582. The first-order chi connectivity index (χ1) is 17.7. The van der Waals surface area contributed by atoms with Gasteiger partial charge in [-0.2, -0.15) is 0 Å². The summed E-state index contributed by atoms with van der Waals surface area (Å²) in [6.07, 6.45) is 18.3. The maximum Gasteiger partial charge on any atom is 0.410 e. The number of nitrogens with zero attached hydrogens (tertiary/aromatic N) is 2. The number of amides is 1. The van der Waals surface area contributed by atoms with Crippen LogP contribution in [0.5, 0.6) is 0 Å². The second-order valence-electron chi connectivity index (χ2n) is 12.0. The van der Waals surface area contributed by atoms with Crippen molar-refractivity contribution in [1.82, 2.24) is 9.80 Å². The summed E-state index contributed by atoms with van der Waals surface area (Å²) < 4.78 is 10.9. The molecule has 0 aliphatic carbocycles. The summed E-state index contributed by atoms with van der Waals surface area (Å²) >= 11 is 0. The summed E-state index contributed by atoms with van der Waals surface area (Å²) in [5.41, 5.74) is -0.432. The summed E-state index contributed by atoms with van der Waals surface area (Å²) in [6.45, 7) is 15.6. The zero-order valence-corrected chi connectivity index (χ0v) is 25.2. The minimum Gasteiger partial charge on any atom is -0.466 e. The highest BCUT2D eigenvalue weighted by atomic mass is 16.6. The number of likely N-dealkylation sites (tertiary alicyclic amines) is 1. The third kappa shape index (κ3) is 18.6. The van der Waals surface area contributed by atoms with Crippen molar-refractivity contribution in [1.29, 1.82) is 0 Å². The largest absolute Gasteiger partial charge is 0.466 e. The summed E-state index contributed by atoms with van der Waals surface area (Å²) in [5, 5.41) is 0. The molecule has 0 unspecified atom stereocenters. The molecule has 1 amide bonds. The van der Waals surface area contributed by atoms with E-state index in [2.05, 4.69) is 18.7 Å². The molecule has 0 radical (unpaired) electrons. The van der Waals surface area contributed by atoms with Gasteiger partial charge in [-0.3, -0.25) is 4.79 Å². The smallest absolute Gasteiger partial charge is 0.410 e. The van der Waals surface area contributed by atoms with E-state index in [1.165, 1.54) is 57.8 Å². The fraction of sp³-hybridized carbons (Fsp3) is 0.935. The van der Waals surface area contributed by atoms with E-state index in [1.54, 1.807) is 0 Å². The molecule has 0 N–H and O–H groups in total. The Kier molecular flexibility index (Phi) is 18.8. The predicted molar refractivity (Wildman–Crippen MR) is 154 cm³/mol. The highest BCUT2D eigenvalue weighted by Gasteiger charge is 2.26. The quantitative estimate of drug-likeness (QED) is 0.119. The van der Waals surface area contributed by atoms with E-state index in [4.69, 9.17) is 9.47 Å². The molecule has 6 heteroatoms. The highest BCUT2D eigenvalue weighted by Crippen LogP contribution is 2.23. The number of carbonyl (C=O) groups excluding carboxylic acids is 2. The molecule has 1 aliphatic heterocycles. The van der Waals surface area contributed by atoms with Crippen molar-refractivity contribution in [3.8, 4) is 0 Å². The van der Waals surface area contributed by atoms with Crippen molar-refractivity contribution in [2.45, 2.75) is 143 Å². The average Bonchev–Trinajstić information content (AvgIpc) is 2.85. The van der Waals surface area contributed by atoms with Crippen molar-refractivity contribution in [3.05, 3.63) is 0 Å². The lowest BCUT2D eigenvalue weighted by Crippen LogP contribution is -2.41. The standard InChI is InChI=1S/C31H60N2O4/c1-6-8-10-11-12-13-14-22-32(24-17-19-29(34)36-27-15-9-7-2)23-16-18-28-20-25-33(26-21-28)30(35)37-31(3,4)5/h28H,6-27H2,1-5H3. The van der Waals surface area contributed by atoms with Gasteiger partial charge in [0.25, 0.3) is 0 Å². The van der Waals surface area contributed by atoms with Gasteiger partial charge >= 0.3 is 12.1 Å². The highest BCUT2D eigenvalue weighted by molar-refractivity contribution is 5.69. The Hall–Kier alpha value is -1.30. The van der Waals surface area contributed by atoms with Crippen molar-refractivity contribution in [3.63, 3.8) is 0 Å². The van der Waals surface area contributed by atoms with Crippen LogP contribution in [0.15, 0.2) is 0 Å². The van der Waals surface area contributed by atoms with Gasteiger partial charge in [-0.1, -0.05) is 65.2 Å². The second kappa shape index (κ2) is 20.6. The van der Waals surface area contributed by atoms with E-state index in [1.807, 2.05) is 25.7 Å². The molecule has 0 spiro atoms. The van der Waals surface area contributed by atoms with Gasteiger partial charge in [0.05, 0.1) is 6.61 Å². The lowest BCUT2D eigenvalue weighted by Gasteiger charge is -2.33. The molecular formula is C31H60N2O4. The summed E-state index contributed by atoms with van der Waals surface area (Å²) in [5.74, 6) is 0.654. The summed E-state index contributed by atoms with van der Waals surface area (Å²) in [4.78, 5) is 28.8. The van der Waals surface area contributed by atoms with E-state index in [0.717, 1.165) is 71.2 Å². The van der Waals surface area contributed by atoms with Gasteiger partial charge in [-0.25, -0.2) is 4.79 Å². The lowest BCUT2D eigenvalue weighted by molar-refractivity contribution is -0.143. The molecule has 218 valence electrons. The first kappa shape index (κ1) is 33.7. The molecule has 0 aromatic heterocycles. The normalized spacial score (nSPS) is 14.8. The van der Waals surface area contributed by atoms with Gasteiger partial charge in [0.15, 0.2) is 0 Å². The molecule has 1 saturated heterocycles. The van der Waals surface area contributed by atoms with Gasteiger partial charge in [0.2, 0.25) is 0 Å². The van der Waals surface area contributed by atoms with Gasteiger partial charge in [-0.15, -0.1) is 0 Å². The number of ether oxygens (including phenoxy) is 2. The van der Waals surface area contributed by atoms with Gasteiger partial charge in [-0.05, 0) is 91.3 Å². The van der Waals surface area contributed by atoms with E-state index < -0.39 is 5.60 Å². The van der Waals surface area contributed by atoms with Crippen molar-refractivity contribution in [2.75, 3.05) is 39.3 Å². The Morgan fingerprint density at radius 3 is 2.00 bits per heavy atom. The lowest BCUT2D eigenvalue weighted by atomic mass is 9.92. The molecule has 1 fully saturated rings. The van der Waals surface area contributed by atoms with Crippen LogP contribution >= 0.6 is 0 Å². The van der Waals surface area contributed by atoms with Crippen LogP contribution in [0.2, 0.25) is 0 Å². The molecule has 6 nitrogen and oxygen atoms in total. The van der Waals surface area contributed by atoms with Crippen LogP contribution in [0, 0.1) is 5.92 Å². The topological polar surface area (TPSA) is 59.1 Å². The van der Waals surface area contributed by atoms with Crippen LogP contribution in [0.3, 0.4) is 0 Å². The fourth-order valence-electron chi connectivity index (χ4n) is 5.02. The number of unbranched alkanes of at least 4 members (excludes halogenated alkanes) is 8. The van der Waals surface area contributed by atoms with Gasteiger partial charge in [0.1, 0.15) is 5.60 Å². The number of rotatable bonds is 20. The third-order valence-corrected chi connectivity index (χ3v) is 7.30. The van der Waals surface area contributed by atoms with E-state index in [9.17, 15) is 9.59 Å². The third-order valence-electron chi connectivity index (χ3n) is 7.30. The van der Waals surface area contributed by atoms with Gasteiger partial charge in [0, 0.05) is 19.5 Å². The SMILES string of the molecule is CCCCCCCCCN(CCCC(=O)OCCCCC)CCCC1CCN(C(=O)OC(C)(C)C)CC1. The first-order valence-electron chi connectivity index (χ1n) is 15.6. The minimum atomic E-state index is -0.432.